The smallest absolute Gasteiger partial charge is 0.129 e. The summed E-state index contributed by atoms with van der Waals surface area (Å²) in [7, 11) is 1.97. The highest BCUT2D eigenvalue weighted by atomic mass is 14.9. The number of aromatic nitrogens is 2. The predicted molar refractivity (Wildman–Crippen MR) is 83.9 cm³/mol. The minimum absolute atomic E-state index is 0.917. The third-order valence-electron chi connectivity index (χ3n) is 3.40. The molecule has 1 N–H and O–H groups in total. The molecule has 3 heteroatoms. The second-order valence-corrected chi connectivity index (χ2v) is 5.34. The van der Waals surface area contributed by atoms with Crippen LogP contribution in [0.4, 0.5) is 0 Å². The maximum Gasteiger partial charge on any atom is 0.129 e. The summed E-state index contributed by atoms with van der Waals surface area (Å²) in [5, 5.41) is 3.16. The van der Waals surface area contributed by atoms with Gasteiger partial charge in [0.25, 0.3) is 0 Å². The van der Waals surface area contributed by atoms with Gasteiger partial charge in [0.1, 0.15) is 5.82 Å². The second kappa shape index (κ2) is 6.62. The Kier molecular flexibility index (Phi) is 4.85. The summed E-state index contributed by atoms with van der Waals surface area (Å²) in [6, 6.07) is 8.57. The summed E-state index contributed by atoms with van der Waals surface area (Å²) in [6.45, 7) is 7.28. The van der Waals surface area contributed by atoms with Gasteiger partial charge in [-0.15, -0.1) is 0 Å². The van der Waals surface area contributed by atoms with E-state index in [1.165, 1.54) is 16.7 Å². The van der Waals surface area contributed by atoms with Crippen LogP contribution >= 0.6 is 0 Å². The molecule has 0 unspecified atom stereocenters. The number of nitrogens with zero attached hydrogens (tertiary/aromatic N) is 2. The van der Waals surface area contributed by atoms with Crippen LogP contribution in [0, 0.1) is 20.8 Å². The molecule has 0 saturated carbocycles. The number of rotatable bonds is 5. The SMILES string of the molecule is CNCCCc1nc(C)cc(-c2cc(C)ccc2C)n1. The lowest BCUT2D eigenvalue weighted by Crippen LogP contribution is -2.10. The van der Waals surface area contributed by atoms with Crippen LogP contribution in [0.1, 0.15) is 29.1 Å². The fourth-order valence-corrected chi connectivity index (χ4v) is 2.31. The van der Waals surface area contributed by atoms with Crippen molar-refractivity contribution >= 4 is 0 Å². The molecule has 0 amide bonds. The largest absolute Gasteiger partial charge is 0.320 e. The van der Waals surface area contributed by atoms with Crippen LogP contribution in [0.5, 0.6) is 0 Å². The topological polar surface area (TPSA) is 37.8 Å². The average Bonchev–Trinajstić information content (AvgIpc) is 2.41. The van der Waals surface area contributed by atoms with Crippen molar-refractivity contribution in [2.45, 2.75) is 33.6 Å². The summed E-state index contributed by atoms with van der Waals surface area (Å²) < 4.78 is 0. The Balaban J connectivity index is 2.34. The highest BCUT2D eigenvalue weighted by molar-refractivity contribution is 5.64. The van der Waals surface area contributed by atoms with E-state index in [1.807, 2.05) is 14.0 Å². The van der Waals surface area contributed by atoms with Gasteiger partial charge in [0.15, 0.2) is 0 Å². The molecular formula is C17H23N3. The van der Waals surface area contributed by atoms with E-state index in [0.29, 0.717) is 0 Å². The van der Waals surface area contributed by atoms with Gasteiger partial charge < -0.3 is 5.32 Å². The Labute approximate surface area is 121 Å². The van der Waals surface area contributed by atoms with Gasteiger partial charge in [-0.1, -0.05) is 17.7 Å². The lowest BCUT2D eigenvalue weighted by atomic mass is 10.0. The van der Waals surface area contributed by atoms with Gasteiger partial charge in [-0.2, -0.15) is 0 Å². The fraction of sp³-hybridized carbons (Fsp3) is 0.412. The van der Waals surface area contributed by atoms with Crippen LogP contribution < -0.4 is 5.32 Å². The first-order valence-corrected chi connectivity index (χ1v) is 7.17. The lowest BCUT2D eigenvalue weighted by molar-refractivity contribution is 0.701. The molecule has 2 aromatic rings. The standard InChI is InChI=1S/C17H23N3/c1-12-7-8-13(2)15(10-12)16-11-14(3)19-17(20-16)6-5-9-18-4/h7-8,10-11,18H,5-6,9H2,1-4H3. The van der Waals surface area contributed by atoms with Crippen LogP contribution in [-0.4, -0.2) is 23.6 Å². The van der Waals surface area contributed by atoms with E-state index in [2.05, 4.69) is 48.4 Å². The van der Waals surface area contributed by atoms with E-state index in [9.17, 15) is 0 Å². The van der Waals surface area contributed by atoms with Gasteiger partial charge in [-0.3, -0.25) is 0 Å². The molecule has 0 bridgehead atoms. The number of aryl methyl sites for hydroxylation is 4. The molecule has 2 rings (SSSR count). The van der Waals surface area contributed by atoms with Gasteiger partial charge in [-0.05, 0) is 58.5 Å². The summed E-state index contributed by atoms with van der Waals surface area (Å²) in [4.78, 5) is 9.28. The highest BCUT2D eigenvalue weighted by Crippen LogP contribution is 2.23. The van der Waals surface area contributed by atoms with E-state index in [0.717, 1.165) is 36.6 Å². The monoisotopic (exact) mass is 269 g/mol. The normalized spacial score (nSPS) is 10.8. The van der Waals surface area contributed by atoms with Crippen LogP contribution in [0.3, 0.4) is 0 Å². The average molecular weight is 269 g/mol. The zero-order valence-corrected chi connectivity index (χ0v) is 12.8. The second-order valence-electron chi connectivity index (χ2n) is 5.34. The predicted octanol–water partition coefficient (Wildman–Crippen LogP) is 3.22. The molecule has 0 saturated heterocycles. The van der Waals surface area contributed by atoms with Crippen molar-refractivity contribution < 1.29 is 0 Å². The first-order valence-electron chi connectivity index (χ1n) is 7.17. The van der Waals surface area contributed by atoms with E-state index >= 15 is 0 Å². The molecule has 0 spiro atoms. The number of hydrogen-bond acceptors (Lipinski definition) is 3. The van der Waals surface area contributed by atoms with Crippen LogP contribution in [0.25, 0.3) is 11.3 Å². The van der Waals surface area contributed by atoms with E-state index in [-0.39, 0.29) is 0 Å². The van der Waals surface area contributed by atoms with Crippen LogP contribution in [0.15, 0.2) is 24.3 Å². The Morgan fingerprint density at radius 1 is 1.05 bits per heavy atom. The zero-order chi connectivity index (χ0) is 14.5. The first kappa shape index (κ1) is 14.7. The molecule has 1 heterocycles. The first-order chi connectivity index (χ1) is 9.60. The third kappa shape index (κ3) is 3.64. The number of hydrogen-bond donors (Lipinski definition) is 1. The van der Waals surface area contributed by atoms with Crippen molar-refractivity contribution in [1.29, 1.82) is 0 Å². The van der Waals surface area contributed by atoms with Gasteiger partial charge in [0.2, 0.25) is 0 Å². The van der Waals surface area contributed by atoms with E-state index in [4.69, 9.17) is 4.98 Å². The van der Waals surface area contributed by atoms with Crippen molar-refractivity contribution in [1.82, 2.24) is 15.3 Å². The molecule has 0 fully saturated rings. The summed E-state index contributed by atoms with van der Waals surface area (Å²) in [5.74, 6) is 0.941. The molecule has 0 aliphatic heterocycles. The minimum Gasteiger partial charge on any atom is -0.320 e. The highest BCUT2D eigenvalue weighted by Gasteiger charge is 2.07. The molecule has 106 valence electrons. The van der Waals surface area contributed by atoms with Crippen molar-refractivity contribution in [3.8, 4) is 11.3 Å². The quantitative estimate of drug-likeness (QED) is 0.847. The maximum absolute atomic E-state index is 4.74. The van der Waals surface area contributed by atoms with Gasteiger partial charge >= 0.3 is 0 Å². The molecule has 1 aromatic heterocycles. The molecule has 0 radical (unpaired) electrons. The van der Waals surface area contributed by atoms with Crippen molar-refractivity contribution in [2.75, 3.05) is 13.6 Å². The van der Waals surface area contributed by atoms with Crippen LogP contribution in [0.2, 0.25) is 0 Å². The van der Waals surface area contributed by atoms with Gasteiger partial charge in [0.05, 0.1) is 5.69 Å². The summed E-state index contributed by atoms with van der Waals surface area (Å²) >= 11 is 0. The van der Waals surface area contributed by atoms with Crippen molar-refractivity contribution in [3.05, 3.63) is 46.9 Å². The molecule has 1 aromatic carbocycles. The van der Waals surface area contributed by atoms with Crippen LogP contribution in [-0.2, 0) is 6.42 Å². The zero-order valence-electron chi connectivity index (χ0n) is 12.8. The Bertz CT molecular complexity index is 591. The molecule has 3 nitrogen and oxygen atoms in total. The van der Waals surface area contributed by atoms with Crippen molar-refractivity contribution in [3.63, 3.8) is 0 Å². The number of benzene rings is 1. The Hall–Kier alpha value is -1.74. The van der Waals surface area contributed by atoms with E-state index < -0.39 is 0 Å². The van der Waals surface area contributed by atoms with Gasteiger partial charge in [0, 0.05) is 17.7 Å². The molecule has 0 aliphatic carbocycles. The van der Waals surface area contributed by atoms with Crippen molar-refractivity contribution in [2.24, 2.45) is 0 Å². The Morgan fingerprint density at radius 2 is 1.85 bits per heavy atom. The molecule has 0 aliphatic rings. The maximum atomic E-state index is 4.74. The number of nitrogens with one attached hydrogen (secondary N) is 1. The molecule has 20 heavy (non-hydrogen) atoms. The lowest BCUT2D eigenvalue weighted by Gasteiger charge is -2.09. The Morgan fingerprint density at radius 3 is 2.60 bits per heavy atom. The molecular weight excluding hydrogens is 246 g/mol. The minimum atomic E-state index is 0.917. The van der Waals surface area contributed by atoms with E-state index in [1.54, 1.807) is 0 Å². The molecule has 0 atom stereocenters. The third-order valence-corrected chi connectivity index (χ3v) is 3.40. The van der Waals surface area contributed by atoms with Gasteiger partial charge in [-0.25, -0.2) is 9.97 Å². The fourth-order valence-electron chi connectivity index (χ4n) is 2.31. The summed E-state index contributed by atoms with van der Waals surface area (Å²) in [5.41, 5.74) is 5.81. The summed E-state index contributed by atoms with van der Waals surface area (Å²) in [6.07, 6.45) is 1.98.